The minimum Gasteiger partial charge on any atom is -0.386 e. The van der Waals surface area contributed by atoms with E-state index >= 15 is 0 Å². The third-order valence-corrected chi connectivity index (χ3v) is 5.21. The maximum atomic E-state index is 12.7. The molecular formula is C18H17N5O2S. The molecule has 26 heavy (non-hydrogen) atoms. The second kappa shape index (κ2) is 6.90. The number of hydrogen-bond donors (Lipinski definition) is 2. The van der Waals surface area contributed by atoms with Gasteiger partial charge < -0.3 is 5.32 Å². The second-order valence-corrected chi connectivity index (χ2v) is 7.32. The summed E-state index contributed by atoms with van der Waals surface area (Å²) >= 11 is 0. The monoisotopic (exact) mass is 367 g/mol. The van der Waals surface area contributed by atoms with E-state index in [0.717, 1.165) is 11.3 Å². The highest BCUT2D eigenvalue weighted by atomic mass is 32.2. The van der Waals surface area contributed by atoms with Crippen molar-refractivity contribution >= 4 is 21.4 Å². The van der Waals surface area contributed by atoms with Crippen molar-refractivity contribution in [1.29, 1.82) is 5.26 Å². The standard InChI is InChI=1S/C18H17N5O2S/c1-13-5-3-4-6-18(13)23-12-15(11-21-23)26(24,25)22-17-9-14(10-19)7-8-16(17)20-2/h3-9,11-12,20,22H,1-2H3. The lowest BCUT2D eigenvalue weighted by molar-refractivity contribution is 0.601. The number of para-hydroxylation sites is 1. The summed E-state index contributed by atoms with van der Waals surface area (Å²) in [6, 6.07) is 14.3. The lowest BCUT2D eigenvalue weighted by Crippen LogP contribution is -2.13. The average molecular weight is 367 g/mol. The maximum Gasteiger partial charge on any atom is 0.265 e. The topological polar surface area (TPSA) is 99.8 Å². The summed E-state index contributed by atoms with van der Waals surface area (Å²) in [4.78, 5) is 0.0326. The fourth-order valence-electron chi connectivity index (χ4n) is 2.52. The highest BCUT2D eigenvalue weighted by molar-refractivity contribution is 7.92. The van der Waals surface area contributed by atoms with Crippen LogP contribution in [0.2, 0.25) is 0 Å². The predicted molar refractivity (Wildman–Crippen MR) is 99.8 cm³/mol. The van der Waals surface area contributed by atoms with Crippen LogP contribution in [0.25, 0.3) is 5.69 Å². The zero-order chi connectivity index (χ0) is 18.7. The van der Waals surface area contributed by atoms with Gasteiger partial charge in [0.15, 0.2) is 0 Å². The Morgan fingerprint density at radius 3 is 2.62 bits per heavy atom. The SMILES string of the molecule is CNc1ccc(C#N)cc1NS(=O)(=O)c1cnn(-c2ccccc2C)c1. The van der Waals surface area contributed by atoms with Crippen LogP contribution in [-0.4, -0.2) is 25.2 Å². The highest BCUT2D eigenvalue weighted by Crippen LogP contribution is 2.26. The molecule has 8 heteroatoms. The van der Waals surface area contributed by atoms with E-state index in [4.69, 9.17) is 5.26 Å². The highest BCUT2D eigenvalue weighted by Gasteiger charge is 2.19. The van der Waals surface area contributed by atoms with Gasteiger partial charge in [0, 0.05) is 7.05 Å². The fraction of sp³-hybridized carbons (Fsp3) is 0.111. The van der Waals surface area contributed by atoms with Crippen molar-refractivity contribution in [2.24, 2.45) is 0 Å². The van der Waals surface area contributed by atoms with Gasteiger partial charge in [0.05, 0.1) is 41.1 Å². The first-order valence-corrected chi connectivity index (χ1v) is 9.28. The van der Waals surface area contributed by atoms with Crippen LogP contribution in [0.3, 0.4) is 0 Å². The Morgan fingerprint density at radius 2 is 1.92 bits per heavy atom. The molecule has 0 radical (unpaired) electrons. The van der Waals surface area contributed by atoms with Gasteiger partial charge in [0.2, 0.25) is 0 Å². The molecule has 0 bridgehead atoms. The molecular weight excluding hydrogens is 350 g/mol. The second-order valence-electron chi connectivity index (χ2n) is 5.63. The number of aryl methyl sites for hydroxylation is 1. The first kappa shape index (κ1) is 17.5. The van der Waals surface area contributed by atoms with Crippen LogP contribution in [-0.2, 0) is 10.0 Å². The molecule has 0 aliphatic carbocycles. The summed E-state index contributed by atoms with van der Waals surface area (Å²) < 4.78 is 29.5. The zero-order valence-corrected chi connectivity index (χ0v) is 15.1. The Balaban J connectivity index is 1.96. The van der Waals surface area contributed by atoms with Gasteiger partial charge in [-0.25, -0.2) is 13.1 Å². The van der Waals surface area contributed by atoms with Gasteiger partial charge in [-0.15, -0.1) is 0 Å². The summed E-state index contributed by atoms with van der Waals surface area (Å²) in [5.41, 5.74) is 3.01. The Kier molecular flexibility index (Phi) is 4.65. The number of aromatic nitrogens is 2. The molecule has 0 unspecified atom stereocenters. The van der Waals surface area contributed by atoms with Crippen LogP contribution in [0.1, 0.15) is 11.1 Å². The molecule has 0 aliphatic heterocycles. The van der Waals surface area contributed by atoms with Gasteiger partial charge in [-0.1, -0.05) is 18.2 Å². The Hall–Kier alpha value is -3.31. The molecule has 2 aromatic carbocycles. The van der Waals surface area contributed by atoms with Crippen molar-refractivity contribution in [2.75, 3.05) is 17.1 Å². The summed E-state index contributed by atoms with van der Waals surface area (Å²) in [6.45, 7) is 1.93. The van der Waals surface area contributed by atoms with Crippen molar-refractivity contribution < 1.29 is 8.42 Å². The molecule has 1 aromatic heterocycles. The Morgan fingerprint density at radius 1 is 1.15 bits per heavy atom. The lowest BCUT2D eigenvalue weighted by atomic mass is 10.2. The number of nitrogens with one attached hydrogen (secondary N) is 2. The molecule has 0 saturated carbocycles. The number of sulfonamides is 1. The molecule has 0 saturated heterocycles. The van der Waals surface area contributed by atoms with E-state index < -0.39 is 10.0 Å². The average Bonchev–Trinajstić information content (AvgIpc) is 3.12. The van der Waals surface area contributed by atoms with Crippen molar-refractivity contribution in [3.05, 3.63) is 66.0 Å². The van der Waals surface area contributed by atoms with Crippen LogP contribution in [0.5, 0.6) is 0 Å². The van der Waals surface area contributed by atoms with E-state index in [1.807, 2.05) is 37.3 Å². The lowest BCUT2D eigenvalue weighted by Gasteiger charge is -2.11. The quantitative estimate of drug-likeness (QED) is 0.722. The number of benzene rings is 2. The molecule has 132 valence electrons. The molecule has 0 amide bonds. The van der Waals surface area contributed by atoms with E-state index in [1.54, 1.807) is 19.2 Å². The van der Waals surface area contributed by atoms with Crippen molar-refractivity contribution in [2.45, 2.75) is 11.8 Å². The molecule has 3 rings (SSSR count). The molecule has 2 N–H and O–H groups in total. The van der Waals surface area contributed by atoms with Gasteiger partial charge in [-0.3, -0.25) is 4.72 Å². The first-order valence-electron chi connectivity index (χ1n) is 7.80. The first-order chi connectivity index (χ1) is 12.4. The fourth-order valence-corrected chi connectivity index (χ4v) is 3.52. The summed E-state index contributed by atoms with van der Waals surface area (Å²) in [6.07, 6.45) is 2.75. The van der Waals surface area contributed by atoms with Crippen LogP contribution in [0.15, 0.2) is 59.8 Å². The minimum atomic E-state index is -3.85. The van der Waals surface area contributed by atoms with E-state index in [9.17, 15) is 8.42 Å². The number of rotatable bonds is 5. The van der Waals surface area contributed by atoms with E-state index in [1.165, 1.54) is 23.1 Å². The van der Waals surface area contributed by atoms with Crippen molar-refractivity contribution in [3.8, 4) is 11.8 Å². The van der Waals surface area contributed by atoms with Crippen LogP contribution >= 0.6 is 0 Å². The van der Waals surface area contributed by atoms with Gasteiger partial charge in [0.1, 0.15) is 4.90 Å². The summed E-state index contributed by atoms with van der Waals surface area (Å²) in [5, 5.41) is 16.1. The van der Waals surface area contributed by atoms with Crippen LogP contribution in [0, 0.1) is 18.3 Å². The molecule has 0 atom stereocenters. The third-order valence-electron chi connectivity index (χ3n) is 3.89. The van der Waals surface area contributed by atoms with Crippen molar-refractivity contribution in [3.63, 3.8) is 0 Å². The number of hydrogen-bond acceptors (Lipinski definition) is 5. The third kappa shape index (κ3) is 3.38. The van der Waals surface area contributed by atoms with Crippen LogP contribution in [0.4, 0.5) is 11.4 Å². The number of anilines is 2. The summed E-state index contributed by atoms with van der Waals surface area (Å²) in [7, 11) is -2.18. The minimum absolute atomic E-state index is 0.0326. The molecule has 1 heterocycles. The summed E-state index contributed by atoms with van der Waals surface area (Å²) in [5.74, 6) is 0. The molecule has 3 aromatic rings. The van der Waals surface area contributed by atoms with Gasteiger partial charge in [-0.2, -0.15) is 10.4 Å². The predicted octanol–water partition coefficient (Wildman–Crippen LogP) is 2.89. The largest absolute Gasteiger partial charge is 0.386 e. The van der Waals surface area contributed by atoms with Crippen LogP contribution < -0.4 is 10.0 Å². The molecule has 0 aliphatic rings. The van der Waals surface area contributed by atoms with Gasteiger partial charge >= 0.3 is 0 Å². The van der Waals surface area contributed by atoms with E-state index in [2.05, 4.69) is 15.1 Å². The Bertz CT molecular complexity index is 1100. The normalized spacial score (nSPS) is 11.0. The Labute approximate surface area is 152 Å². The van der Waals surface area contributed by atoms with Gasteiger partial charge in [-0.05, 0) is 36.8 Å². The molecule has 7 nitrogen and oxygen atoms in total. The smallest absolute Gasteiger partial charge is 0.265 e. The molecule has 0 fully saturated rings. The number of nitriles is 1. The van der Waals surface area contributed by atoms with E-state index in [-0.39, 0.29) is 4.90 Å². The maximum absolute atomic E-state index is 12.7. The van der Waals surface area contributed by atoms with Crippen molar-refractivity contribution in [1.82, 2.24) is 9.78 Å². The zero-order valence-electron chi connectivity index (χ0n) is 14.3. The van der Waals surface area contributed by atoms with E-state index in [0.29, 0.717) is 16.9 Å². The molecule has 0 spiro atoms. The number of nitrogens with zero attached hydrogens (tertiary/aromatic N) is 3. The van der Waals surface area contributed by atoms with Gasteiger partial charge in [0.25, 0.3) is 10.0 Å².